The molecule has 0 saturated heterocycles. The van der Waals surface area contributed by atoms with Gasteiger partial charge in [-0.1, -0.05) is 0 Å². The molecule has 1 aliphatic rings. The zero-order valence-electron chi connectivity index (χ0n) is 10.7. The highest BCUT2D eigenvalue weighted by atomic mass is 79.9. The number of rotatable bonds is 2. The maximum absolute atomic E-state index is 13.0. The van der Waals surface area contributed by atoms with Crippen molar-refractivity contribution in [2.24, 2.45) is 0 Å². The van der Waals surface area contributed by atoms with Crippen LogP contribution in [0.1, 0.15) is 24.1 Å². The average Bonchev–Trinajstić information content (AvgIpc) is 2.42. The summed E-state index contributed by atoms with van der Waals surface area (Å²) in [5.41, 5.74) is 2.22. The van der Waals surface area contributed by atoms with Crippen molar-refractivity contribution in [3.8, 4) is 0 Å². The zero-order chi connectivity index (χ0) is 14.1. The minimum absolute atomic E-state index is 0.0876. The van der Waals surface area contributed by atoms with Gasteiger partial charge in [0, 0.05) is 10.0 Å². The third kappa shape index (κ3) is 2.60. The molecule has 0 spiro atoms. The monoisotopic (exact) mass is 337 g/mol. The molecule has 0 saturated carbocycles. The SMILES string of the molecule is O=c1[nH]c(Nc2ccc(F)cc2Br)nc2c1CCCC2. The fourth-order valence-corrected chi connectivity index (χ4v) is 2.83. The number of halogens is 2. The van der Waals surface area contributed by atoms with Gasteiger partial charge >= 0.3 is 0 Å². The van der Waals surface area contributed by atoms with Gasteiger partial charge in [0.15, 0.2) is 0 Å². The maximum atomic E-state index is 13.0. The third-order valence-corrected chi connectivity index (χ3v) is 4.03. The lowest BCUT2D eigenvalue weighted by atomic mass is 9.97. The lowest BCUT2D eigenvalue weighted by Gasteiger charge is -2.15. The van der Waals surface area contributed by atoms with Crippen LogP contribution in [0.3, 0.4) is 0 Å². The number of nitrogens with zero attached hydrogens (tertiary/aromatic N) is 1. The van der Waals surface area contributed by atoms with E-state index in [0.29, 0.717) is 16.1 Å². The molecule has 104 valence electrons. The number of aryl methyl sites for hydroxylation is 1. The summed E-state index contributed by atoms with van der Waals surface area (Å²) in [4.78, 5) is 19.2. The van der Waals surface area contributed by atoms with Crippen molar-refractivity contribution >= 4 is 27.6 Å². The number of H-pyrrole nitrogens is 1. The van der Waals surface area contributed by atoms with Crippen LogP contribution >= 0.6 is 15.9 Å². The predicted octanol–water partition coefficient (Wildman–Crippen LogP) is 3.29. The van der Waals surface area contributed by atoms with E-state index >= 15 is 0 Å². The van der Waals surface area contributed by atoms with Gasteiger partial charge in [-0.05, 0) is 59.8 Å². The van der Waals surface area contributed by atoms with Crippen molar-refractivity contribution in [1.29, 1.82) is 0 Å². The van der Waals surface area contributed by atoms with Crippen LogP contribution in [0.4, 0.5) is 16.0 Å². The quantitative estimate of drug-likeness (QED) is 0.883. The fraction of sp³-hybridized carbons (Fsp3) is 0.286. The van der Waals surface area contributed by atoms with Crippen LogP contribution in [0.2, 0.25) is 0 Å². The van der Waals surface area contributed by atoms with Crippen LogP contribution in [0.5, 0.6) is 0 Å². The fourth-order valence-electron chi connectivity index (χ4n) is 2.38. The Morgan fingerprint density at radius 1 is 1.30 bits per heavy atom. The first kappa shape index (κ1) is 13.3. The van der Waals surface area contributed by atoms with E-state index < -0.39 is 0 Å². The smallest absolute Gasteiger partial charge is 0.255 e. The highest BCUT2D eigenvalue weighted by Gasteiger charge is 2.15. The molecular formula is C14H13BrFN3O. The summed E-state index contributed by atoms with van der Waals surface area (Å²) in [6, 6.07) is 4.31. The van der Waals surface area contributed by atoms with Gasteiger partial charge in [-0.25, -0.2) is 9.37 Å². The lowest BCUT2D eigenvalue weighted by molar-refractivity contribution is 0.627. The largest absolute Gasteiger partial charge is 0.325 e. The van der Waals surface area contributed by atoms with Crippen molar-refractivity contribution in [2.45, 2.75) is 25.7 Å². The second kappa shape index (κ2) is 5.36. The molecule has 0 bridgehead atoms. The van der Waals surface area contributed by atoms with E-state index in [1.807, 2.05) is 0 Å². The van der Waals surface area contributed by atoms with Crippen molar-refractivity contribution in [1.82, 2.24) is 9.97 Å². The van der Waals surface area contributed by atoms with Crippen LogP contribution in [0.25, 0.3) is 0 Å². The highest BCUT2D eigenvalue weighted by Crippen LogP contribution is 2.25. The Morgan fingerprint density at radius 2 is 2.10 bits per heavy atom. The summed E-state index contributed by atoms with van der Waals surface area (Å²) < 4.78 is 13.6. The van der Waals surface area contributed by atoms with Gasteiger partial charge in [-0.2, -0.15) is 0 Å². The summed E-state index contributed by atoms with van der Waals surface area (Å²) in [6.45, 7) is 0. The standard InChI is InChI=1S/C14H13BrFN3O/c15-10-7-8(16)5-6-12(10)18-14-17-11-4-2-1-3-9(11)13(20)19-14/h5-7H,1-4H2,(H2,17,18,19,20). The molecule has 0 fully saturated rings. The molecule has 1 heterocycles. The maximum Gasteiger partial charge on any atom is 0.255 e. The zero-order valence-corrected chi connectivity index (χ0v) is 12.3. The Hall–Kier alpha value is -1.69. The normalized spacial score (nSPS) is 13.9. The summed E-state index contributed by atoms with van der Waals surface area (Å²) in [5.74, 6) is 0.0669. The molecule has 20 heavy (non-hydrogen) atoms. The summed E-state index contributed by atoms with van der Waals surface area (Å²) in [7, 11) is 0. The van der Waals surface area contributed by atoms with Crippen molar-refractivity contribution in [3.63, 3.8) is 0 Å². The molecule has 1 aromatic carbocycles. The molecule has 3 rings (SSSR count). The Kier molecular flexibility index (Phi) is 3.56. The number of anilines is 2. The average molecular weight is 338 g/mol. The van der Waals surface area contributed by atoms with Gasteiger partial charge in [0.1, 0.15) is 5.82 Å². The summed E-state index contributed by atoms with van der Waals surface area (Å²) >= 11 is 3.28. The van der Waals surface area contributed by atoms with Crippen molar-refractivity contribution < 1.29 is 4.39 Å². The van der Waals surface area contributed by atoms with Crippen molar-refractivity contribution in [2.75, 3.05) is 5.32 Å². The van der Waals surface area contributed by atoms with E-state index in [1.165, 1.54) is 12.1 Å². The first-order valence-electron chi connectivity index (χ1n) is 6.47. The summed E-state index contributed by atoms with van der Waals surface area (Å²) in [6.07, 6.45) is 3.72. The van der Waals surface area contributed by atoms with Crippen LogP contribution in [0.15, 0.2) is 27.5 Å². The Labute approximate surface area is 123 Å². The third-order valence-electron chi connectivity index (χ3n) is 3.38. The topological polar surface area (TPSA) is 57.8 Å². The Bertz CT molecular complexity index is 714. The first-order valence-corrected chi connectivity index (χ1v) is 7.27. The number of hydrogen-bond acceptors (Lipinski definition) is 3. The molecule has 0 radical (unpaired) electrons. The second-order valence-corrected chi connectivity index (χ2v) is 5.65. The van der Waals surface area contributed by atoms with Crippen LogP contribution in [-0.4, -0.2) is 9.97 Å². The minimum atomic E-state index is -0.325. The van der Waals surface area contributed by atoms with Gasteiger partial charge in [0.25, 0.3) is 5.56 Å². The molecule has 4 nitrogen and oxygen atoms in total. The molecular weight excluding hydrogens is 325 g/mol. The van der Waals surface area contributed by atoms with E-state index in [0.717, 1.165) is 36.9 Å². The van der Waals surface area contributed by atoms with Crippen molar-refractivity contribution in [3.05, 3.63) is 50.1 Å². The molecule has 0 amide bonds. The van der Waals surface area contributed by atoms with Gasteiger partial charge in [0.2, 0.25) is 5.95 Å². The molecule has 0 aliphatic heterocycles. The van der Waals surface area contributed by atoms with E-state index in [-0.39, 0.29) is 11.4 Å². The second-order valence-electron chi connectivity index (χ2n) is 4.80. The highest BCUT2D eigenvalue weighted by molar-refractivity contribution is 9.10. The van der Waals surface area contributed by atoms with E-state index in [9.17, 15) is 9.18 Å². The number of benzene rings is 1. The number of nitrogens with one attached hydrogen (secondary N) is 2. The van der Waals surface area contributed by atoms with Gasteiger partial charge in [-0.3, -0.25) is 9.78 Å². The molecule has 6 heteroatoms. The van der Waals surface area contributed by atoms with Crippen LogP contribution in [-0.2, 0) is 12.8 Å². The number of fused-ring (bicyclic) bond motifs is 1. The minimum Gasteiger partial charge on any atom is -0.325 e. The first-order chi connectivity index (χ1) is 9.63. The number of aromatic nitrogens is 2. The number of aromatic amines is 1. The molecule has 1 aliphatic carbocycles. The summed E-state index contributed by atoms with van der Waals surface area (Å²) in [5, 5.41) is 3.01. The van der Waals surface area contributed by atoms with E-state index in [2.05, 4.69) is 31.2 Å². The molecule has 0 atom stereocenters. The predicted molar refractivity (Wildman–Crippen MR) is 78.9 cm³/mol. The molecule has 2 N–H and O–H groups in total. The Balaban J connectivity index is 1.95. The molecule has 0 unspecified atom stereocenters. The number of hydrogen-bond donors (Lipinski definition) is 2. The van der Waals surface area contributed by atoms with Gasteiger partial charge in [0.05, 0.1) is 11.4 Å². The van der Waals surface area contributed by atoms with Crippen LogP contribution in [0, 0.1) is 5.82 Å². The molecule has 1 aromatic heterocycles. The van der Waals surface area contributed by atoms with Crippen LogP contribution < -0.4 is 10.9 Å². The lowest BCUT2D eigenvalue weighted by Crippen LogP contribution is -2.22. The van der Waals surface area contributed by atoms with E-state index in [4.69, 9.17) is 0 Å². The molecule has 2 aromatic rings. The van der Waals surface area contributed by atoms with Gasteiger partial charge < -0.3 is 5.32 Å². The van der Waals surface area contributed by atoms with Gasteiger partial charge in [-0.15, -0.1) is 0 Å². The van der Waals surface area contributed by atoms with E-state index in [1.54, 1.807) is 6.07 Å². The Morgan fingerprint density at radius 3 is 2.90 bits per heavy atom.